The normalized spacial score (nSPS) is 19.2. The van der Waals surface area contributed by atoms with Crippen LogP contribution in [-0.4, -0.2) is 34.4 Å². The fourth-order valence-corrected chi connectivity index (χ4v) is 2.77. The van der Waals surface area contributed by atoms with Crippen molar-refractivity contribution in [1.82, 2.24) is 9.88 Å². The lowest BCUT2D eigenvalue weighted by atomic mass is 9.99. The minimum absolute atomic E-state index is 0.0731. The van der Waals surface area contributed by atoms with Crippen LogP contribution in [0.4, 0.5) is 5.82 Å². The van der Waals surface area contributed by atoms with Crippen LogP contribution in [0.3, 0.4) is 0 Å². The number of aromatic nitrogens is 1. The molecule has 0 saturated carbocycles. The van der Waals surface area contributed by atoms with Crippen LogP contribution in [0.25, 0.3) is 0 Å². The molecular formula is C16H25N3O. The summed E-state index contributed by atoms with van der Waals surface area (Å²) in [6, 6.07) is 6.31. The molecule has 20 heavy (non-hydrogen) atoms. The second-order valence-electron chi connectivity index (χ2n) is 5.76. The second kappa shape index (κ2) is 6.73. The quantitative estimate of drug-likeness (QED) is 0.917. The molecule has 1 saturated heterocycles. The van der Waals surface area contributed by atoms with Gasteiger partial charge in [0.1, 0.15) is 11.5 Å². The lowest BCUT2D eigenvalue weighted by Crippen LogP contribution is -2.43. The molecule has 1 amide bonds. The lowest BCUT2D eigenvalue weighted by molar-refractivity contribution is 0.0602. The summed E-state index contributed by atoms with van der Waals surface area (Å²) in [6.07, 6.45) is 4.47. The molecule has 1 unspecified atom stereocenters. The van der Waals surface area contributed by atoms with Crippen molar-refractivity contribution in [1.29, 1.82) is 0 Å². The molecule has 0 aliphatic carbocycles. The van der Waals surface area contributed by atoms with Crippen LogP contribution in [-0.2, 0) is 0 Å². The van der Waals surface area contributed by atoms with E-state index in [-0.39, 0.29) is 5.91 Å². The zero-order chi connectivity index (χ0) is 14.5. The molecule has 2 rings (SSSR count). The fraction of sp³-hybridized carbons (Fsp3) is 0.625. The van der Waals surface area contributed by atoms with Crippen LogP contribution in [0.5, 0.6) is 0 Å². The average Bonchev–Trinajstić information content (AvgIpc) is 2.46. The van der Waals surface area contributed by atoms with Gasteiger partial charge < -0.3 is 10.2 Å². The summed E-state index contributed by atoms with van der Waals surface area (Å²) < 4.78 is 0. The summed E-state index contributed by atoms with van der Waals surface area (Å²) in [5.41, 5.74) is 0.552. The Kier molecular flexibility index (Phi) is 4.99. The van der Waals surface area contributed by atoms with Gasteiger partial charge in [-0.25, -0.2) is 4.98 Å². The predicted molar refractivity (Wildman–Crippen MR) is 82.0 cm³/mol. The number of anilines is 1. The van der Waals surface area contributed by atoms with E-state index in [4.69, 9.17) is 0 Å². The van der Waals surface area contributed by atoms with E-state index in [0.29, 0.717) is 17.8 Å². The number of hydrogen-bond acceptors (Lipinski definition) is 3. The van der Waals surface area contributed by atoms with Gasteiger partial charge in [0, 0.05) is 18.6 Å². The lowest BCUT2D eigenvalue weighted by Gasteiger charge is -2.35. The molecule has 1 aromatic heterocycles. The van der Waals surface area contributed by atoms with Gasteiger partial charge in [0.2, 0.25) is 0 Å². The van der Waals surface area contributed by atoms with Crippen LogP contribution in [0.1, 0.15) is 56.9 Å². The summed E-state index contributed by atoms with van der Waals surface area (Å²) in [5.74, 6) is 0.847. The Morgan fingerprint density at radius 2 is 2.25 bits per heavy atom. The minimum Gasteiger partial charge on any atom is -0.368 e. The van der Waals surface area contributed by atoms with E-state index in [0.717, 1.165) is 31.6 Å². The van der Waals surface area contributed by atoms with Crippen LogP contribution in [0.15, 0.2) is 18.2 Å². The maximum atomic E-state index is 12.6. The van der Waals surface area contributed by atoms with Gasteiger partial charge in [-0.05, 0) is 51.7 Å². The van der Waals surface area contributed by atoms with Crippen molar-refractivity contribution in [2.75, 3.05) is 11.9 Å². The van der Waals surface area contributed by atoms with Gasteiger partial charge in [0.05, 0.1) is 0 Å². The van der Waals surface area contributed by atoms with Crippen LogP contribution >= 0.6 is 0 Å². The van der Waals surface area contributed by atoms with E-state index in [9.17, 15) is 4.79 Å². The van der Waals surface area contributed by atoms with Crippen molar-refractivity contribution in [2.24, 2.45) is 0 Å². The molecule has 1 atom stereocenters. The number of rotatable bonds is 4. The standard InChI is InChI=1S/C16H25N3O/c1-4-13-8-5-6-11-19(13)16(20)14-9-7-10-15(18-14)17-12(2)3/h7,9-10,12-13H,4-6,8,11H2,1-3H3,(H,17,18). The minimum atomic E-state index is 0.0731. The predicted octanol–water partition coefficient (Wildman–Crippen LogP) is 3.31. The smallest absolute Gasteiger partial charge is 0.272 e. The van der Waals surface area contributed by atoms with Gasteiger partial charge in [-0.3, -0.25) is 4.79 Å². The monoisotopic (exact) mass is 275 g/mol. The molecule has 1 aromatic rings. The largest absolute Gasteiger partial charge is 0.368 e. The van der Waals surface area contributed by atoms with Crippen molar-refractivity contribution in [3.8, 4) is 0 Å². The van der Waals surface area contributed by atoms with Crippen molar-refractivity contribution >= 4 is 11.7 Å². The highest BCUT2D eigenvalue weighted by atomic mass is 16.2. The van der Waals surface area contributed by atoms with Crippen LogP contribution < -0.4 is 5.32 Å². The number of hydrogen-bond donors (Lipinski definition) is 1. The first kappa shape index (κ1) is 14.8. The molecule has 4 nitrogen and oxygen atoms in total. The summed E-state index contributed by atoms with van der Waals surface area (Å²) >= 11 is 0. The van der Waals surface area contributed by atoms with E-state index < -0.39 is 0 Å². The van der Waals surface area contributed by atoms with Gasteiger partial charge in [0.15, 0.2) is 0 Å². The Morgan fingerprint density at radius 3 is 2.95 bits per heavy atom. The van der Waals surface area contributed by atoms with Crippen molar-refractivity contribution in [3.05, 3.63) is 23.9 Å². The first-order chi connectivity index (χ1) is 9.61. The number of pyridine rings is 1. The highest BCUT2D eigenvalue weighted by Crippen LogP contribution is 2.21. The molecule has 0 aromatic carbocycles. The summed E-state index contributed by atoms with van der Waals surface area (Å²) in [7, 11) is 0. The second-order valence-corrected chi connectivity index (χ2v) is 5.76. The number of carbonyl (C=O) groups is 1. The Bertz CT molecular complexity index is 459. The third-order valence-electron chi connectivity index (χ3n) is 3.76. The van der Waals surface area contributed by atoms with Gasteiger partial charge >= 0.3 is 0 Å². The number of amides is 1. The number of likely N-dealkylation sites (tertiary alicyclic amines) is 1. The number of carbonyl (C=O) groups excluding carboxylic acids is 1. The van der Waals surface area contributed by atoms with Crippen LogP contribution in [0.2, 0.25) is 0 Å². The van der Waals surface area contributed by atoms with E-state index in [1.807, 2.05) is 23.1 Å². The average molecular weight is 275 g/mol. The number of nitrogens with one attached hydrogen (secondary N) is 1. The maximum Gasteiger partial charge on any atom is 0.272 e. The SMILES string of the molecule is CCC1CCCCN1C(=O)c1cccc(NC(C)C)n1. The summed E-state index contributed by atoms with van der Waals surface area (Å²) in [6.45, 7) is 7.14. The zero-order valence-corrected chi connectivity index (χ0v) is 12.7. The van der Waals surface area contributed by atoms with E-state index in [1.165, 1.54) is 6.42 Å². The first-order valence-electron chi connectivity index (χ1n) is 7.66. The molecule has 1 N–H and O–H groups in total. The summed E-state index contributed by atoms with van der Waals surface area (Å²) in [5, 5.41) is 3.25. The molecule has 0 bridgehead atoms. The Labute approximate surface area is 121 Å². The van der Waals surface area contributed by atoms with Gasteiger partial charge in [-0.2, -0.15) is 0 Å². The van der Waals surface area contributed by atoms with E-state index >= 15 is 0 Å². The van der Waals surface area contributed by atoms with Gasteiger partial charge in [0.25, 0.3) is 5.91 Å². The first-order valence-corrected chi connectivity index (χ1v) is 7.66. The van der Waals surface area contributed by atoms with Crippen LogP contribution in [0, 0.1) is 0 Å². The highest BCUT2D eigenvalue weighted by molar-refractivity contribution is 5.93. The summed E-state index contributed by atoms with van der Waals surface area (Å²) in [4.78, 5) is 19.1. The number of piperidine rings is 1. The molecule has 1 aliphatic rings. The van der Waals surface area contributed by atoms with E-state index in [1.54, 1.807) is 0 Å². The van der Waals surface area contributed by atoms with Crippen molar-refractivity contribution in [3.63, 3.8) is 0 Å². The van der Waals surface area contributed by atoms with Crippen molar-refractivity contribution in [2.45, 2.75) is 58.5 Å². The molecule has 110 valence electrons. The molecular weight excluding hydrogens is 250 g/mol. The molecule has 2 heterocycles. The topological polar surface area (TPSA) is 45.2 Å². The molecule has 0 spiro atoms. The molecule has 1 fully saturated rings. The molecule has 1 aliphatic heterocycles. The molecule has 0 radical (unpaired) electrons. The zero-order valence-electron chi connectivity index (χ0n) is 12.7. The highest BCUT2D eigenvalue weighted by Gasteiger charge is 2.26. The third kappa shape index (κ3) is 3.50. The van der Waals surface area contributed by atoms with Crippen molar-refractivity contribution < 1.29 is 4.79 Å². The Balaban J connectivity index is 2.15. The third-order valence-corrected chi connectivity index (χ3v) is 3.76. The fourth-order valence-electron chi connectivity index (χ4n) is 2.77. The van der Waals surface area contributed by atoms with E-state index in [2.05, 4.69) is 31.1 Å². The maximum absolute atomic E-state index is 12.6. The molecule has 4 heteroatoms. The Morgan fingerprint density at radius 1 is 1.45 bits per heavy atom. The van der Waals surface area contributed by atoms with Gasteiger partial charge in [-0.15, -0.1) is 0 Å². The van der Waals surface area contributed by atoms with Gasteiger partial charge in [-0.1, -0.05) is 13.0 Å². The Hall–Kier alpha value is -1.58. The number of nitrogens with zero attached hydrogens (tertiary/aromatic N) is 2.